The van der Waals surface area contributed by atoms with Gasteiger partial charge in [0.1, 0.15) is 0 Å². The van der Waals surface area contributed by atoms with Crippen LogP contribution in [0.15, 0.2) is 53.4 Å². The van der Waals surface area contributed by atoms with E-state index in [1.807, 2.05) is 18.4 Å². The third-order valence-corrected chi connectivity index (χ3v) is 7.11. The predicted molar refractivity (Wildman–Crippen MR) is 140 cm³/mol. The van der Waals surface area contributed by atoms with Crippen LogP contribution in [0, 0.1) is 10.1 Å². The third kappa shape index (κ3) is 6.55. The van der Waals surface area contributed by atoms with E-state index in [0.29, 0.717) is 24.9 Å². The number of carbonyl (C=O) groups excluding carboxylic acids is 1. The number of morpholine rings is 1. The van der Waals surface area contributed by atoms with Crippen LogP contribution in [0.4, 0.5) is 10.8 Å². The Hall–Kier alpha value is -2.50. The monoisotopic (exact) mass is 520 g/mol. The van der Waals surface area contributed by atoms with E-state index in [-0.39, 0.29) is 24.0 Å². The molecule has 1 aromatic heterocycles. The molecule has 1 saturated heterocycles. The zero-order valence-electron chi connectivity index (χ0n) is 18.6. The molecular formula is C23H25ClN4O4S2. The first-order valence-electron chi connectivity index (χ1n) is 10.5. The first kappa shape index (κ1) is 26.1. The van der Waals surface area contributed by atoms with Crippen LogP contribution in [0.1, 0.15) is 5.56 Å². The van der Waals surface area contributed by atoms with Crippen molar-refractivity contribution in [3.63, 3.8) is 0 Å². The quantitative estimate of drug-likeness (QED) is 0.184. The Labute approximate surface area is 212 Å². The summed E-state index contributed by atoms with van der Waals surface area (Å²) in [5, 5.41) is 11.5. The average molecular weight is 521 g/mol. The second-order valence-corrected chi connectivity index (χ2v) is 9.34. The molecule has 2 heterocycles. The molecular weight excluding hydrogens is 496 g/mol. The molecule has 3 aromatic rings. The fraction of sp³-hybridized carbons (Fsp3) is 0.304. The molecule has 1 aliphatic heterocycles. The number of hydrogen-bond donors (Lipinski definition) is 0. The number of thiazole rings is 1. The third-order valence-electron chi connectivity index (χ3n) is 5.35. The molecule has 0 unspecified atom stereocenters. The van der Waals surface area contributed by atoms with Crippen molar-refractivity contribution in [2.75, 3.05) is 50.5 Å². The van der Waals surface area contributed by atoms with Crippen molar-refractivity contribution >= 4 is 68.5 Å². The molecule has 8 nitrogen and oxygen atoms in total. The summed E-state index contributed by atoms with van der Waals surface area (Å²) in [5.41, 5.74) is 1.61. The largest absolute Gasteiger partial charge is 0.379 e. The number of carbonyl (C=O) groups is 1. The van der Waals surface area contributed by atoms with Crippen LogP contribution in [0.3, 0.4) is 0 Å². The molecule has 1 amide bonds. The van der Waals surface area contributed by atoms with Gasteiger partial charge in [-0.15, -0.1) is 24.2 Å². The van der Waals surface area contributed by atoms with Crippen molar-refractivity contribution in [3.05, 3.63) is 64.2 Å². The number of ether oxygens (including phenoxy) is 1. The van der Waals surface area contributed by atoms with Crippen molar-refractivity contribution in [2.24, 2.45) is 0 Å². The molecule has 0 atom stereocenters. The molecule has 4 rings (SSSR count). The predicted octanol–water partition coefficient (Wildman–Crippen LogP) is 4.73. The molecule has 1 fully saturated rings. The number of hydrogen-bond acceptors (Lipinski definition) is 8. The number of halogens is 1. The van der Waals surface area contributed by atoms with Gasteiger partial charge in [-0.1, -0.05) is 11.3 Å². The standard InChI is InChI=1S/C23H24N4O4S2.ClH/c1-32-19-7-8-20-21(16-19)33-23(24-20)26(11-10-25-12-14-31-15-13-25)22(28)9-4-17-2-5-18(6-3-17)27(29)30;/h2-9,16H,10-15H2,1H3;1H. The highest BCUT2D eigenvalue weighted by Gasteiger charge is 2.20. The fourth-order valence-corrected chi connectivity index (χ4v) is 5.02. The van der Waals surface area contributed by atoms with Gasteiger partial charge in [0.25, 0.3) is 11.6 Å². The normalized spacial score (nSPS) is 14.3. The zero-order chi connectivity index (χ0) is 23.2. The van der Waals surface area contributed by atoms with Gasteiger partial charge < -0.3 is 4.74 Å². The van der Waals surface area contributed by atoms with E-state index in [2.05, 4.69) is 11.0 Å². The highest BCUT2D eigenvalue weighted by atomic mass is 35.5. The number of nitro benzene ring substituents is 1. The number of non-ortho nitro benzene ring substituents is 1. The number of rotatable bonds is 8. The maximum Gasteiger partial charge on any atom is 0.269 e. The molecule has 0 N–H and O–H groups in total. The average Bonchev–Trinajstić information content (AvgIpc) is 3.26. The number of anilines is 1. The SMILES string of the molecule is CSc1ccc2nc(N(CCN3CCOCC3)C(=O)C=Cc3ccc([N+](=O)[O-])cc3)sc2c1.Cl. The molecule has 1 aliphatic rings. The van der Waals surface area contributed by atoms with Gasteiger partial charge in [-0.3, -0.25) is 24.7 Å². The van der Waals surface area contributed by atoms with Crippen molar-refractivity contribution in [1.82, 2.24) is 9.88 Å². The summed E-state index contributed by atoms with van der Waals surface area (Å²) in [6.45, 7) is 4.33. The van der Waals surface area contributed by atoms with Gasteiger partial charge in [0.2, 0.25) is 0 Å². The summed E-state index contributed by atoms with van der Waals surface area (Å²) in [6, 6.07) is 12.2. The second-order valence-electron chi connectivity index (χ2n) is 7.46. The number of nitrogens with zero attached hydrogens (tertiary/aromatic N) is 4. The Bertz CT molecular complexity index is 1160. The van der Waals surface area contributed by atoms with E-state index in [1.165, 1.54) is 29.5 Å². The molecule has 11 heteroatoms. The Balaban J connectivity index is 0.00000324. The second kappa shape index (κ2) is 12.3. The van der Waals surface area contributed by atoms with Gasteiger partial charge in [-0.2, -0.15) is 0 Å². The lowest BCUT2D eigenvalue weighted by atomic mass is 10.2. The van der Waals surface area contributed by atoms with Gasteiger partial charge in [0.05, 0.1) is 28.4 Å². The van der Waals surface area contributed by atoms with Crippen LogP contribution >= 0.6 is 35.5 Å². The van der Waals surface area contributed by atoms with Crippen LogP contribution in [0.2, 0.25) is 0 Å². The Kier molecular flexibility index (Phi) is 9.43. The Morgan fingerprint density at radius 3 is 2.68 bits per heavy atom. The fourth-order valence-electron chi connectivity index (χ4n) is 3.47. The Morgan fingerprint density at radius 2 is 2.00 bits per heavy atom. The molecule has 180 valence electrons. The first-order valence-corrected chi connectivity index (χ1v) is 12.6. The van der Waals surface area contributed by atoms with E-state index in [1.54, 1.807) is 34.9 Å². The molecule has 0 aliphatic carbocycles. The first-order chi connectivity index (χ1) is 16.0. The van der Waals surface area contributed by atoms with E-state index in [0.717, 1.165) is 40.3 Å². The van der Waals surface area contributed by atoms with Gasteiger partial charge in [-0.25, -0.2) is 4.98 Å². The van der Waals surface area contributed by atoms with Crippen LogP contribution in [-0.2, 0) is 9.53 Å². The van der Waals surface area contributed by atoms with E-state index < -0.39 is 4.92 Å². The molecule has 0 saturated carbocycles. The van der Waals surface area contributed by atoms with Crippen LogP contribution in [0.5, 0.6) is 0 Å². The summed E-state index contributed by atoms with van der Waals surface area (Å²) in [7, 11) is 0. The topological polar surface area (TPSA) is 88.8 Å². The van der Waals surface area contributed by atoms with E-state index in [4.69, 9.17) is 9.72 Å². The summed E-state index contributed by atoms with van der Waals surface area (Å²) in [6.07, 6.45) is 5.21. The molecule has 0 spiro atoms. The summed E-state index contributed by atoms with van der Waals surface area (Å²) >= 11 is 3.18. The van der Waals surface area contributed by atoms with Crippen molar-refractivity contribution in [2.45, 2.75) is 4.90 Å². The van der Waals surface area contributed by atoms with Crippen molar-refractivity contribution in [1.29, 1.82) is 0 Å². The summed E-state index contributed by atoms with van der Waals surface area (Å²) < 4.78 is 6.47. The summed E-state index contributed by atoms with van der Waals surface area (Å²) in [4.78, 5) is 33.5. The number of aromatic nitrogens is 1. The maximum atomic E-state index is 13.2. The molecule has 34 heavy (non-hydrogen) atoms. The van der Waals surface area contributed by atoms with Gasteiger partial charge in [0, 0.05) is 49.3 Å². The van der Waals surface area contributed by atoms with Crippen molar-refractivity contribution < 1.29 is 14.5 Å². The van der Waals surface area contributed by atoms with Gasteiger partial charge >= 0.3 is 0 Å². The minimum Gasteiger partial charge on any atom is -0.379 e. The minimum atomic E-state index is -0.443. The molecule has 0 bridgehead atoms. The number of benzene rings is 2. The zero-order valence-corrected chi connectivity index (χ0v) is 21.0. The highest BCUT2D eigenvalue weighted by Crippen LogP contribution is 2.32. The highest BCUT2D eigenvalue weighted by molar-refractivity contribution is 7.98. The van der Waals surface area contributed by atoms with Crippen LogP contribution < -0.4 is 4.90 Å². The van der Waals surface area contributed by atoms with Crippen LogP contribution in [-0.4, -0.2) is 66.4 Å². The molecule has 0 radical (unpaired) electrons. The summed E-state index contributed by atoms with van der Waals surface area (Å²) in [5.74, 6) is -0.175. The van der Waals surface area contributed by atoms with Gasteiger partial charge in [-0.05, 0) is 48.2 Å². The van der Waals surface area contributed by atoms with E-state index >= 15 is 0 Å². The maximum absolute atomic E-state index is 13.2. The Morgan fingerprint density at radius 1 is 1.26 bits per heavy atom. The molecule has 2 aromatic carbocycles. The van der Waals surface area contributed by atoms with Crippen molar-refractivity contribution in [3.8, 4) is 0 Å². The smallest absolute Gasteiger partial charge is 0.269 e. The lowest BCUT2D eigenvalue weighted by Gasteiger charge is -2.28. The van der Waals surface area contributed by atoms with Crippen LogP contribution in [0.25, 0.3) is 16.3 Å². The lowest BCUT2D eigenvalue weighted by Crippen LogP contribution is -2.42. The minimum absolute atomic E-state index is 0. The number of nitro groups is 1. The van der Waals surface area contributed by atoms with E-state index in [9.17, 15) is 14.9 Å². The lowest BCUT2D eigenvalue weighted by molar-refractivity contribution is -0.384. The van der Waals surface area contributed by atoms with Gasteiger partial charge in [0.15, 0.2) is 5.13 Å². The number of thioether (sulfide) groups is 1. The number of amides is 1. The number of fused-ring (bicyclic) bond motifs is 1.